The summed E-state index contributed by atoms with van der Waals surface area (Å²) in [6.07, 6.45) is -4.55. The first kappa shape index (κ1) is 16.8. The minimum Gasteiger partial charge on any atom is -0.381 e. The lowest BCUT2D eigenvalue weighted by atomic mass is 10.1. The van der Waals surface area contributed by atoms with Crippen LogP contribution >= 0.6 is 0 Å². The zero-order valence-corrected chi connectivity index (χ0v) is 12.4. The Morgan fingerprint density at radius 1 is 1.09 bits per heavy atom. The quantitative estimate of drug-likeness (QED) is 0.891. The molecule has 0 aliphatic carbocycles. The number of nitrogens with zero attached hydrogens (tertiary/aromatic N) is 1. The molecule has 0 amide bonds. The van der Waals surface area contributed by atoms with E-state index in [0.29, 0.717) is 18.8 Å². The zero-order chi connectivity index (χ0) is 16.9. The number of hydrogen-bond acceptors (Lipinski definition) is 3. The first-order valence-electron chi connectivity index (χ1n) is 6.86. The first-order valence-corrected chi connectivity index (χ1v) is 6.86. The zero-order valence-electron chi connectivity index (χ0n) is 12.4. The summed E-state index contributed by atoms with van der Waals surface area (Å²) >= 11 is 0. The van der Waals surface area contributed by atoms with E-state index in [9.17, 15) is 13.2 Å². The van der Waals surface area contributed by atoms with E-state index in [-0.39, 0.29) is 5.56 Å². The van der Waals surface area contributed by atoms with E-state index in [4.69, 9.17) is 10.00 Å². The van der Waals surface area contributed by atoms with Crippen LogP contribution in [0, 0.1) is 11.3 Å². The number of hydrogen-bond donors (Lipinski definition) is 1. The molecule has 0 heterocycles. The van der Waals surface area contributed by atoms with E-state index >= 15 is 0 Å². The van der Waals surface area contributed by atoms with E-state index < -0.39 is 11.7 Å². The summed E-state index contributed by atoms with van der Waals surface area (Å²) in [6, 6.07) is 12.7. The molecule has 2 aromatic carbocycles. The van der Waals surface area contributed by atoms with Crippen molar-refractivity contribution in [1.82, 2.24) is 0 Å². The van der Waals surface area contributed by atoms with Crippen molar-refractivity contribution in [3.63, 3.8) is 0 Å². The van der Waals surface area contributed by atoms with Gasteiger partial charge in [-0.15, -0.1) is 0 Å². The smallest absolute Gasteiger partial charge is 0.381 e. The molecule has 23 heavy (non-hydrogen) atoms. The van der Waals surface area contributed by atoms with Crippen molar-refractivity contribution in [2.45, 2.75) is 19.3 Å². The van der Waals surface area contributed by atoms with E-state index in [0.717, 1.165) is 17.2 Å². The summed E-state index contributed by atoms with van der Waals surface area (Å²) in [4.78, 5) is 0. The monoisotopic (exact) mass is 320 g/mol. The fourth-order valence-electron chi connectivity index (χ4n) is 2.11. The summed E-state index contributed by atoms with van der Waals surface area (Å²) in [6.45, 7) is 0.898. The van der Waals surface area contributed by atoms with E-state index in [2.05, 4.69) is 5.32 Å². The van der Waals surface area contributed by atoms with E-state index in [1.807, 2.05) is 24.3 Å². The number of nitrogens with one attached hydrogen (secondary N) is 1. The molecule has 0 spiro atoms. The maximum absolute atomic E-state index is 12.9. The molecular formula is C17H15F3N2O. The van der Waals surface area contributed by atoms with Crippen LogP contribution in [-0.4, -0.2) is 7.11 Å². The predicted octanol–water partition coefficient (Wildman–Crippen LogP) is 4.34. The second-order valence-electron chi connectivity index (χ2n) is 4.97. The third-order valence-corrected chi connectivity index (χ3v) is 3.28. The average Bonchev–Trinajstić information content (AvgIpc) is 2.53. The minimum atomic E-state index is -4.55. The van der Waals surface area contributed by atoms with Crippen molar-refractivity contribution in [1.29, 1.82) is 5.26 Å². The van der Waals surface area contributed by atoms with Crippen molar-refractivity contribution >= 4 is 5.69 Å². The van der Waals surface area contributed by atoms with Gasteiger partial charge in [-0.1, -0.05) is 24.3 Å². The molecule has 0 bridgehead atoms. The molecule has 0 aromatic heterocycles. The Balaban J connectivity index is 2.10. The Labute approximate surface area is 132 Å². The van der Waals surface area contributed by atoms with Gasteiger partial charge in [0.2, 0.25) is 0 Å². The van der Waals surface area contributed by atoms with Crippen LogP contribution in [0.4, 0.5) is 18.9 Å². The Morgan fingerprint density at radius 3 is 2.30 bits per heavy atom. The largest absolute Gasteiger partial charge is 0.417 e. The lowest BCUT2D eigenvalue weighted by Gasteiger charge is -2.12. The number of ether oxygens (including phenoxy) is 1. The Kier molecular flexibility index (Phi) is 5.24. The van der Waals surface area contributed by atoms with Gasteiger partial charge in [-0.3, -0.25) is 0 Å². The summed E-state index contributed by atoms with van der Waals surface area (Å²) < 4.78 is 43.7. The molecule has 3 nitrogen and oxygen atoms in total. The molecule has 0 radical (unpaired) electrons. The molecule has 2 rings (SSSR count). The normalized spacial score (nSPS) is 11.1. The standard InChI is InChI=1S/C17H15F3N2O/c1-23-11-13-4-2-12(3-5-13)10-22-15-7-6-14(9-21)16(8-15)17(18,19)20/h2-8,22H,10-11H2,1H3. The molecule has 0 fully saturated rings. The second-order valence-corrected chi connectivity index (χ2v) is 4.97. The molecular weight excluding hydrogens is 305 g/mol. The molecule has 0 aliphatic rings. The molecule has 0 saturated heterocycles. The molecule has 0 atom stereocenters. The summed E-state index contributed by atoms with van der Waals surface area (Å²) in [7, 11) is 1.61. The maximum atomic E-state index is 12.9. The lowest BCUT2D eigenvalue weighted by molar-refractivity contribution is -0.137. The summed E-state index contributed by atoms with van der Waals surface area (Å²) in [5.41, 5.74) is 0.960. The fraction of sp³-hybridized carbons (Fsp3) is 0.235. The van der Waals surface area contributed by atoms with Gasteiger partial charge < -0.3 is 10.1 Å². The van der Waals surface area contributed by atoms with Gasteiger partial charge in [-0.2, -0.15) is 18.4 Å². The van der Waals surface area contributed by atoms with Gasteiger partial charge in [0.1, 0.15) is 0 Å². The third-order valence-electron chi connectivity index (χ3n) is 3.28. The van der Waals surface area contributed by atoms with Crippen molar-refractivity contribution < 1.29 is 17.9 Å². The van der Waals surface area contributed by atoms with Crippen LogP contribution in [0.2, 0.25) is 0 Å². The van der Waals surface area contributed by atoms with Crippen molar-refractivity contribution in [2.75, 3.05) is 12.4 Å². The Morgan fingerprint density at radius 2 is 1.74 bits per heavy atom. The number of halogens is 3. The highest BCUT2D eigenvalue weighted by atomic mass is 19.4. The van der Waals surface area contributed by atoms with Crippen molar-refractivity contribution in [3.05, 3.63) is 64.7 Å². The average molecular weight is 320 g/mol. The van der Waals surface area contributed by atoms with Gasteiger partial charge in [0.05, 0.1) is 23.8 Å². The van der Waals surface area contributed by atoms with Crippen molar-refractivity contribution in [2.24, 2.45) is 0 Å². The molecule has 0 aliphatic heterocycles. The summed E-state index contributed by atoms with van der Waals surface area (Å²) in [5.74, 6) is 0. The van der Waals surface area contributed by atoms with Gasteiger partial charge in [0, 0.05) is 19.3 Å². The van der Waals surface area contributed by atoms with Crippen LogP contribution < -0.4 is 5.32 Å². The molecule has 120 valence electrons. The van der Waals surface area contributed by atoms with Crippen LogP contribution in [0.25, 0.3) is 0 Å². The molecule has 0 saturated carbocycles. The number of alkyl halides is 3. The van der Waals surface area contributed by atoms with Crippen LogP contribution in [0.15, 0.2) is 42.5 Å². The van der Waals surface area contributed by atoms with Crippen LogP contribution in [0.5, 0.6) is 0 Å². The first-order chi connectivity index (χ1) is 10.9. The van der Waals surface area contributed by atoms with E-state index in [1.54, 1.807) is 13.2 Å². The second kappa shape index (κ2) is 7.16. The molecule has 6 heteroatoms. The van der Waals surface area contributed by atoms with Gasteiger partial charge in [0.15, 0.2) is 0 Å². The van der Waals surface area contributed by atoms with Crippen LogP contribution in [0.1, 0.15) is 22.3 Å². The number of methoxy groups -OCH3 is 1. The van der Waals surface area contributed by atoms with E-state index in [1.165, 1.54) is 12.1 Å². The fourth-order valence-corrected chi connectivity index (χ4v) is 2.11. The predicted molar refractivity (Wildman–Crippen MR) is 80.6 cm³/mol. The Bertz CT molecular complexity index is 703. The Hall–Kier alpha value is -2.52. The minimum absolute atomic E-state index is 0.317. The van der Waals surface area contributed by atoms with Gasteiger partial charge in [-0.05, 0) is 29.3 Å². The number of nitriles is 1. The van der Waals surface area contributed by atoms with Crippen LogP contribution in [0.3, 0.4) is 0 Å². The summed E-state index contributed by atoms with van der Waals surface area (Å²) in [5, 5.41) is 11.7. The highest BCUT2D eigenvalue weighted by Gasteiger charge is 2.33. The maximum Gasteiger partial charge on any atom is 0.417 e. The third kappa shape index (κ3) is 4.47. The van der Waals surface area contributed by atoms with Gasteiger partial charge >= 0.3 is 6.18 Å². The highest BCUT2D eigenvalue weighted by Crippen LogP contribution is 2.33. The molecule has 0 unspecified atom stereocenters. The number of rotatable bonds is 5. The number of benzene rings is 2. The van der Waals surface area contributed by atoms with Crippen LogP contribution in [-0.2, 0) is 24.1 Å². The molecule has 1 N–H and O–H groups in total. The number of anilines is 1. The topological polar surface area (TPSA) is 45.0 Å². The SMILES string of the molecule is COCc1ccc(CNc2ccc(C#N)c(C(F)(F)F)c2)cc1. The highest BCUT2D eigenvalue weighted by molar-refractivity contribution is 5.53. The van der Waals surface area contributed by atoms with Crippen molar-refractivity contribution in [3.8, 4) is 6.07 Å². The molecule has 2 aromatic rings. The lowest BCUT2D eigenvalue weighted by Crippen LogP contribution is -2.09. The van der Waals surface area contributed by atoms with Gasteiger partial charge in [0.25, 0.3) is 0 Å². The van der Waals surface area contributed by atoms with Gasteiger partial charge in [-0.25, -0.2) is 0 Å².